The second-order valence-electron chi connectivity index (χ2n) is 4.43. The van der Waals surface area contributed by atoms with E-state index in [1.54, 1.807) is 0 Å². The molecule has 0 aliphatic heterocycles. The van der Waals surface area contributed by atoms with Gasteiger partial charge in [0.1, 0.15) is 0 Å². The van der Waals surface area contributed by atoms with E-state index in [2.05, 4.69) is 0 Å². The molecule has 1 heterocycles. The van der Waals surface area contributed by atoms with Crippen molar-refractivity contribution in [3.63, 3.8) is 0 Å². The van der Waals surface area contributed by atoms with E-state index < -0.39 is 12.0 Å². The number of carbonyl (C=O) groups is 1. The molecular weight excluding hydrogens is 247 g/mol. The minimum Gasteiger partial charge on any atom is -0.379 e. The van der Waals surface area contributed by atoms with Crippen LogP contribution in [-0.2, 0) is 11.3 Å². The number of nitrogens with zero attached hydrogens (tertiary/aromatic N) is 1. The number of ether oxygens (including phenoxy) is 1. The van der Waals surface area contributed by atoms with Crippen LogP contribution < -0.4 is 0 Å². The van der Waals surface area contributed by atoms with E-state index in [0.717, 1.165) is 6.07 Å². The maximum atomic E-state index is 12.2. The van der Waals surface area contributed by atoms with E-state index in [4.69, 9.17) is 4.74 Å². The molecule has 0 saturated carbocycles. The summed E-state index contributed by atoms with van der Waals surface area (Å²) in [7, 11) is 0. The molecule has 0 fully saturated rings. The molecule has 6 heteroatoms. The fraction of sp³-hybridized carbons (Fsp3) is 0.583. The molecule has 0 aromatic carbocycles. The lowest BCUT2D eigenvalue weighted by Gasteiger charge is -2.07. The lowest BCUT2D eigenvalue weighted by atomic mass is 10.2. The van der Waals surface area contributed by atoms with Gasteiger partial charge in [-0.05, 0) is 12.0 Å². The Bertz CT molecular complexity index is 396. The zero-order valence-corrected chi connectivity index (χ0v) is 10.3. The summed E-state index contributed by atoms with van der Waals surface area (Å²) in [5.74, 6) is -1.40. The summed E-state index contributed by atoms with van der Waals surface area (Å²) in [6, 6.07) is 1.16. The van der Waals surface area contributed by atoms with Gasteiger partial charge in [-0.3, -0.25) is 4.79 Å². The molecule has 3 nitrogen and oxygen atoms in total. The molecule has 0 radical (unpaired) electrons. The van der Waals surface area contributed by atoms with Crippen LogP contribution in [0.5, 0.6) is 0 Å². The van der Waals surface area contributed by atoms with E-state index in [-0.39, 0.29) is 5.56 Å². The van der Waals surface area contributed by atoms with Gasteiger partial charge in [-0.1, -0.05) is 13.8 Å². The SMILES string of the molecule is CC(C)COCCn1ccc(C(=O)C(F)(F)F)c1. The molecule has 0 saturated heterocycles. The summed E-state index contributed by atoms with van der Waals surface area (Å²) in [6.45, 7) is 5.46. The summed E-state index contributed by atoms with van der Waals surface area (Å²) < 4.78 is 43.3. The molecule has 0 atom stereocenters. The molecule has 1 aromatic rings. The Labute approximate surface area is 104 Å². The number of aromatic nitrogens is 1. The van der Waals surface area contributed by atoms with Crippen LogP contribution in [0.4, 0.5) is 13.2 Å². The Hall–Kier alpha value is -1.30. The van der Waals surface area contributed by atoms with Crippen LogP contribution in [0, 0.1) is 5.92 Å². The Balaban J connectivity index is 2.46. The third-order valence-electron chi connectivity index (χ3n) is 2.22. The number of hydrogen-bond donors (Lipinski definition) is 0. The van der Waals surface area contributed by atoms with E-state index in [1.165, 1.54) is 17.0 Å². The summed E-state index contributed by atoms with van der Waals surface area (Å²) >= 11 is 0. The van der Waals surface area contributed by atoms with Crippen molar-refractivity contribution in [1.29, 1.82) is 0 Å². The third-order valence-corrected chi connectivity index (χ3v) is 2.22. The van der Waals surface area contributed by atoms with Gasteiger partial charge in [-0.25, -0.2) is 0 Å². The van der Waals surface area contributed by atoms with E-state index in [9.17, 15) is 18.0 Å². The van der Waals surface area contributed by atoms with Crippen molar-refractivity contribution in [2.24, 2.45) is 5.92 Å². The third kappa shape index (κ3) is 4.52. The number of Topliss-reactive ketones (excluding diaryl/α,β-unsaturated/α-hetero) is 1. The summed E-state index contributed by atoms with van der Waals surface area (Å²) in [5.41, 5.74) is -0.341. The molecule has 0 unspecified atom stereocenters. The number of halogens is 3. The van der Waals surface area contributed by atoms with E-state index in [0.29, 0.717) is 25.7 Å². The molecular formula is C12H16F3NO2. The van der Waals surface area contributed by atoms with Crippen molar-refractivity contribution in [2.75, 3.05) is 13.2 Å². The first-order chi connectivity index (χ1) is 8.30. The quantitative estimate of drug-likeness (QED) is 0.583. The largest absolute Gasteiger partial charge is 0.454 e. The van der Waals surface area contributed by atoms with Crippen LogP contribution in [0.15, 0.2) is 18.5 Å². The molecule has 102 valence electrons. The van der Waals surface area contributed by atoms with Crippen molar-refractivity contribution in [3.8, 4) is 0 Å². The fourth-order valence-electron chi connectivity index (χ4n) is 1.37. The highest BCUT2D eigenvalue weighted by Gasteiger charge is 2.39. The molecule has 1 rings (SSSR count). The second kappa shape index (κ2) is 6.04. The normalized spacial score (nSPS) is 12.1. The number of ketones is 1. The number of hydrogen-bond acceptors (Lipinski definition) is 2. The Morgan fingerprint density at radius 1 is 1.44 bits per heavy atom. The molecule has 0 amide bonds. The van der Waals surface area contributed by atoms with E-state index >= 15 is 0 Å². The van der Waals surface area contributed by atoms with Crippen LogP contribution in [0.1, 0.15) is 24.2 Å². The monoisotopic (exact) mass is 263 g/mol. The van der Waals surface area contributed by atoms with Gasteiger partial charge >= 0.3 is 6.18 Å². The van der Waals surface area contributed by atoms with Gasteiger partial charge in [-0.2, -0.15) is 13.2 Å². The van der Waals surface area contributed by atoms with Crippen molar-refractivity contribution >= 4 is 5.78 Å². The molecule has 0 N–H and O–H groups in total. The first kappa shape index (κ1) is 14.8. The van der Waals surface area contributed by atoms with Gasteiger partial charge in [0, 0.05) is 31.1 Å². The first-order valence-corrected chi connectivity index (χ1v) is 5.65. The lowest BCUT2D eigenvalue weighted by molar-refractivity contribution is -0.0885. The maximum Gasteiger partial charge on any atom is 0.454 e. The highest BCUT2D eigenvalue weighted by molar-refractivity contribution is 6.00. The molecule has 0 aliphatic carbocycles. The smallest absolute Gasteiger partial charge is 0.379 e. The average Bonchev–Trinajstić information content (AvgIpc) is 2.70. The number of rotatable bonds is 6. The zero-order valence-electron chi connectivity index (χ0n) is 10.3. The van der Waals surface area contributed by atoms with Gasteiger partial charge < -0.3 is 9.30 Å². The minimum absolute atomic E-state index is 0.341. The van der Waals surface area contributed by atoms with Crippen LogP contribution >= 0.6 is 0 Å². The van der Waals surface area contributed by atoms with Gasteiger partial charge in [0.15, 0.2) is 0 Å². The zero-order chi connectivity index (χ0) is 13.8. The molecule has 0 spiro atoms. The van der Waals surface area contributed by atoms with Crippen molar-refractivity contribution in [2.45, 2.75) is 26.6 Å². The van der Waals surface area contributed by atoms with Crippen molar-refractivity contribution < 1.29 is 22.7 Å². The fourth-order valence-corrected chi connectivity index (χ4v) is 1.37. The van der Waals surface area contributed by atoms with Gasteiger partial charge in [0.2, 0.25) is 0 Å². The van der Waals surface area contributed by atoms with E-state index in [1.807, 2.05) is 13.8 Å². The predicted octanol–water partition coefficient (Wildman–Crippen LogP) is 2.91. The standard InChI is InChI=1S/C12H16F3NO2/c1-9(2)8-18-6-5-16-4-3-10(7-16)11(17)12(13,14)15/h3-4,7,9H,5-6,8H2,1-2H3. The van der Waals surface area contributed by atoms with Crippen molar-refractivity contribution in [3.05, 3.63) is 24.0 Å². The Kier molecular flexibility index (Phi) is 4.95. The summed E-state index contributed by atoms with van der Waals surface area (Å²) in [5, 5.41) is 0. The number of alkyl halides is 3. The van der Waals surface area contributed by atoms with Crippen LogP contribution in [-0.4, -0.2) is 29.7 Å². The Morgan fingerprint density at radius 2 is 2.11 bits per heavy atom. The van der Waals surface area contributed by atoms with Gasteiger partial charge in [0.05, 0.1) is 6.61 Å². The Morgan fingerprint density at radius 3 is 2.67 bits per heavy atom. The molecule has 1 aromatic heterocycles. The molecule has 0 bridgehead atoms. The topological polar surface area (TPSA) is 31.2 Å². The van der Waals surface area contributed by atoms with Crippen molar-refractivity contribution in [1.82, 2.24) is 4.57 Å². The highest BCUT2D eigenvalue weighted by atomic mass is 19.4. The highest BCUT2D eigenvalue weighted by Crippen LogP contribution is 2.21. The first-order valence-electron chi connectivity index (χ1n) is 5.65. The maximum absolute atomic E-state index is 12.2. The van der Waals surface area contributed by atoms with Crippen LogP contribution in [0.3, 0.4) is 0 Å². The van der Waals surface area contributed by atoms with Crippen LogP contribution in [0.2, 0.25) is 0 Å². The van der Waals surface area contributed by atoms with Gasteiger partial charge in [0.25, 0.3) is 5.78 Å². The molecule has 18 heavy (non-hydrogen) atoms. The average molecular weight is 263 g/mol. The summed E-state index contributed by atoms with van der Waals surface area (Å²) in [6.07, 6.45) is -2.19. The van der Waals surface area contributed by atoms with Crippen LogP contribution in [0.25, 0.3) is 0 Å². The van der Waals surface area contributed by atoms with Gasteiger partial charge in [-0.15, -0.1) is 0 Å². The molecule has 0 aliphatic rings. The second-order valence-corrected chi connectivity index (χ2v) is 4.43. The minimum atomic E-state index is -4.82. The summed E-state index contributed by atoms with van der Waals surface area (Å²) in [4.78, 5) is 10.9. The number of carbonyl (C=O) groups excluding carboxylic acids is 1. The lowest BCUT2D eigenvalue weighted by Crippen LogP contribution is -2.22. The predicted molar refractivity (Wildman–Crippen MR) is 60.5 cm³/mol.